The zero-order chi connectivity index (χ0) is 15.2. The van der Waals surface area contributed by atoms with Crippen LogP contribution in [0.4, 0.5) is 11.4 Å². The molecule has 5 heteroatoms. The first kappa shape index (κ1) is 15.4. The number of benzene rings is 1. The number of carbonyl (C=O) groups is 1. The van der Waals surface area contributed by atoms with E-state index in [-0.39, 0.29) is 5.97 Å². The van der Waals surface area contributed by atoms with Crippen LogP contribution in [-0.4, -0.2) is 12.6 Å². The van der Waals surface area contributed by atoms with Crippen molar-refractivity contribution in [3.8, 4) is 0 Å². The third-order valence-electron chi connectivity index (χ3n) is 3.22. The highest BCUT2D eigenvalue weighted by atomic mass is 32.1. The maximum Gasteiger partial charge on any atom is 0.338 e. The van der Waals surface area contributed by atoms with Crippen LogP contribution in [0.25, 0.3) is 0 Å². The van der Waals surface area contributed by atoms with Gasteiger partial charge in [0, 0.05) is 11.4 Å². The molecule has 1 aromatic carbocycles. The Kier molecular flexibility index (Phi) is 5.22. The highest BCUT2D eigenvalue weighted by Gasteiger charge is 2.10. The van der Waals surface area contributed by atoms with Gasteiger partial charge in [-0.1, -0.05) is 6.92 Å². The summed E-state index contributed by atoms with van der Waals surface area (Å²) in [7, 11) is 0. The molecule has 0 unspecified atom stereocenters. The number of rotatable bonds is 6. The second kappa shape index (κ2) is 7.13. The zero-order valence-electron chi connectivity index (χ0n) is 12.3. The van der Waals surface area contributed by atoms with E-state index in [4.69, 9.17) is 10.5 Å². The zero-order valence-corrected chi connectivity index (χ0v) is 13.1. The predicted molar refractivity (Wildman–Crippen MR) is 87.8 cm³/mol. The first-order valence-corrected chi connectivity index (χ1v) is 7.89. The molecule has 112 valence electrons. The van der Waals surface area contributed by atoms with E-state index in [1.807, 2.05) is 0 Å². The molecule has 0 aliphatic carbocycles. The number of esters is 1. The number of ether oxygens (including phenoxy) is 1. The van der Waals surface area contributed by atoms with Crippen LogP contribution in [0.3, 0.4) is 0 Å². The van der Waals surface area contributed by atoms with Gasteiger partial charge in [0.05, 0.1) is 23.5 Å². The third kappa shape index (κ3) is 3.76. The summed E-state index contributed by atoms with van der Waals surface area (Å²) >= 11 is 1.72. The number of hydrogen-bond acceptors (Lipinski definition) is 5. The molecule has 0 saturated heterocycles. The van der Waals surface area contributed by atoms with E-state index in [0.29, 0.717) is 24.4 Å². The Balaban J connectivity index is 2.12. The lowest BCUT2D eigenvalue weighted by atomic mass is 10.1. The number of nitrogens with one attached hydrogen (secondary N) is 1. The Hall–Kier alpha value is -2.01. The second-order valence-electron chi connectivity index (χ2n) is 4.60. The van der Waals surface area contributed by atoms with Gasteiger partial charge in [0.2, 0.25) is 0 Å². The second-order valence-corrected chi connectivity index (χ2v) is 5.60. The van der Waals surface area contributed by atoms with Crippen LogP contribution < -0.4 is 11.1 Å². The summed E-state index contributed by atoms with van der Waals surface area (Å²) < 4.78 is 5.00. The van der Waals surface area contributed by atoms with Crippen LogP contribution in [0, 0.1) is 0 Å². The largest absolute Gasteiger partial charge is 0.462 e. The van der Waals surface area contributed by atoms with Crippen LogP contribution >= 0.6 is 11.3 Å². The molecule has 0 bridgehead atoms. The highest BCUT2D eigenvalue weighted by molar-refractivity contribution is 7.10. The number of thiophene rings is 1. The van der Waals surface area contributed by atoms with Gasteiger partial charge in [-0.15, -0.1) is 11.3 Å². The van der Waals surface area contributed by atoms with E-state index < -0.39 is 0 Å². The highest BCUT2D eigenvalue weighted by Crippen LogP contribution is 2.24. The summed E-state index contributed by atoms with van der Waals surface area (Å²) in [5, 5.41) is 5.40. The molecule has 4 nitrogen and oxygen atoms in total. The minimum atomic E-state index is -0.328. The lowest BCUT2D eigenvalue weighted by Gasteiger charge is -2.11. The first-order valence-electron chi connectivity index (χ1n) is 7.01. The summed E-state index contributed by atoms with van der Waals surface area (Å²) in [5.74, 6) is -0.328. The van der Waals surface area contributed by atoms with E-state index in [0.717, 1.165) is 12.1 Å². The van der Waals surface area contributed by atoms with Gasteiger partial charge in [0.1, 0.15) is 0 Å². The van der Waals surface area contributed by atoms with E-state index in [1.165, 1.54) is 10.4 Å². The number of aryl methyl sites for hydroxylation is 1. The van der Waals surface area contributed by atoms with Crippen molar-refractivity contribution in [2.75, 3.05) is 17.7 Å². The smallest absolute Gasteiger partial charge is 0.338 e. The minimum Gasteiger partial charge on any atom is -0.462 e. The fourth-order valence-electron chi connectivity index (χ4n) is 2.06. The molecule has 0 radical (unpaired) electrons. The Labute approximate surface area is 128 Å². The van der Waals surface area contributed by atoms with Crippen LogP contribution in [0.1, 0.15) is 34.6 Å². The SMILES string of the molecule is CCOC(=O)c1ccc(N)c(NCc2sccc2CC)c1. The molecule has 0 amide bonds. The maximum absolute atomic E-state index is 11.8. The van der Waals surface area contributed by atoms with E-state index in [1.54, 1.807) is 36.5 Å². The first-order chi connectivity index (χ1) is 10.2. The van der Waals surface area contributed by atoms with Gasteiger partial charge in [0.25, 0.3) is 0 Å². The van der Waals surface area contributed by atoms with Crippen molar-refractivity contribution >= 4 is 28.7 Å². The Morgan fingerprint density at radius 2 is 2.14 bits per heavy atom. The van der Waals surface area contributed by atoms with Crippen molar-refractivity contribution in [2.24, 2.45) is 0 Å². The number of hydrogen-bond donors (Lipinski definition) is 2. The quantitative estimate of drug-likeness (QED) is 0.631. The molecule has 0 aliphatic heterocycles. The van der Waals surface area contributed by atoms with Crippen LogP contribution in [0.15, 0.2) is 29.6 Å². The molecular weight excluding hydrogens is 284 g/mol. The Bertz CT molecular complexity index is 622. The minimum absolute atomic E-state index is 0.328. The summed E-state index contributed by atoms with van der Waals surface area (Å²) in [6.45, 7) is 5.00. The number of anilines is 2. The molecule has 0 fully saturated rings. The molecule has 1 aromatic heterocycles. The van der Waals surface area contributed by atoms with Crippen LogP contribution in [-0.2, 0) is 17.7 Å². The Morgan fingerprint density at radius 3 is 2.86 bits per heavy atom. The average molecular weight is 304 g/mol. The van der Waals surface area contributed by atoms with Gasteiger partial charge in [-0.25, -0.2) is 4.79 Å². The van der Waals surface area contributed by atoms with Gasteiger partial charge in [-0.05, 0) is 48.6 Å². The average Bonchev–Trinajstić information content (AvgIpc) is 2.94. The monoisotopic (exact) mass is 304 g/mol. The molecular formula is C16H20N2O2S. The number of nitrogen functional groups attached to an aromatic ring is 1. The normalized spacial score (nSPS) is 10.4. The van der Waals surface area contributed by atoms with Crippen molar-refractivity contribution in [3.05, 3.63) is 45.6 Å². The molecule has 0 atom stereocenters. The summed E-state index contributed by atoms with van der Waals surface area (Å²) in [6.07, 6.45) is 1.01. The number of carbonyl (C=O) groups excluding carboxylic acids is 1. The molecule has 1 heterocycles. The maximum atomic E-state index is 11.8. The molecule has 21 heavy (non-hydrogen) atoms. The fourth-order valence-corrected chi connectivity index (χ4v) is 2.98. The topological polar surface area (TPSA) is 64.3 Å². The summed E-state index contributed by atoms with van der Waals surface area (Å²) in [6, 6.07) is 7.29. The van der Waals surface area contributed by atoms with Crippen molar-refractivity contribution in [3.63, 3.8) is 0 Å². The van der Waals surface area contributed by atoms with Crippen molar-refractivity contribution in [1.82, 2.24) is 0 Å². The molecule has 0 saturated carbocycles. The standard InChI is InChI=1S/C16H20N2O2S/c1-3-11-7-8-21-15(11)10-18-14-9-12(5-6-13(14)17)16(19)20-4-2/h5-9,18H,3-4,10,17H2,1-2H3. The van der Waals surface area contributed by atoms with Crippen molar-refractivity contribution < 1.29 is 9.53 Å². The lowest BCUT2D eigenvalue weighted by Crippen LogP contribution is -2.08. The van der Waals surface area contributed by atoms with E-state index in [9.17, 15) is 4.79 Å². The molecule has 2 rings (SSSR count). The van der Waals surface area contributed by atoms with Crippen molar-refractivity contribution in [1.29, 1.82) is 0 Å². The lowest BCUT2D eigenvalue weighted by molar-refractivity contribution is 0.0526. The Morgan fingerprint density at radius 1 is 1.33 bits per heavy atom. The van der Waals surface area contributed by atoms with E-state index >= 15 is 0 Å². The summed E-state index contributed by atoms with van der Waals surface area (Å²) in [4.78, 5) is 13.0. The van der Waals surface area contributed by atoms with Gasteiger partial charge < -0.3 is 15.8 Å². The summed E-state index contributed by atoms with van der Waals surface area (Å²) in [5.41, 5.74) is 9.20. The molecule has 2 aromatic rings. The van der Waals surface area contributed by atoms with Gasteiger partial charge in [-0.2, -0.15) is 0 Å². The van der Waals surface area contributed by atoms with Crippen LogP contribution in [0.5, 0.6) is 0 Å². The third-order valence-corrected chi connectivity index (χ3v) is 4.19. The van der Waals surface area contributed by atoms with Gasteiger partial charge in [0.15, 0.2) is 0 Å². The predicted octanol–water partition coefficient (Wildman–Crippen LogP) is 3.68. The molecule has 0 spiro atoms. The van der Waals surface area contributed by atoms with Crippen molar-refractivity contribution in [2.45, 2.75) is 26.8 Å². The van der Waals surface area contributed by atoms with Crippen LogP contribution in [0.2, 0.25) is 0 Å². The van der Waals surface area contributed by atoms with E-state index in [2.05, 4.69) is 23.7 Å². The number of nitrogens with two attached hydrogens (primary N) is 1. The van der Waals surface area contributed by atoms with Gasteiger partial charge in [-0.3, -0.25) is 0 Å². The van der Waals surface area contributed by atoms with Gasteiger partial charge >= 0.3 is 5.97 Å². The fraction of sp³-hybridized carbons (Fsp3) is 0.312. The molecule has 0 aliphatic rings. The molecule has 3 N–H and O–H groups in total.